The molecule has 0 aliphatic heterocycles. The molecule has 1 aromatic carbocycles. The molecule has 0 aliphatic rings. The highest BCUT2D eigenvalue weighted by molar-refractivity contribution is 7.15. The van der Waals surface area contributed by atoms with Crippen molar-refractivity contribution in [1.82, 2.24) is 19.7 Å². The van der Waals surface area contributed by atoms with E-state index in [0.717, 1.165) is 32.0 Å². The summed E-state index contributed by atoms with van der Waals surface area (Å²) < 4.78 is 7.59. The maximum atomic E-state index is 12.4. The van der Waals surface area contributed by atoms with E-state index in [1.807, 2.05) is 55.9 Å². The lowest BCUT2D eigenvalue weighted by Gasteiger charge is -1.99. The largest absolute Gasteiger partial charge is 0.402 e. The number of benzene rings is 1. The molecule has 0 spiro atoms. The average molecular weight is 367 g/mol. The summed E-state index contributed by atoms with van der Waals surface area (Å²) in [4.78, 5) is 17.6. The molecule has 0 unspecified atom stereocenters. The zero-order chi connectivity index (χ0) is 18.3. The number of fused-ring (bicyclic) bond motifs is 1. The third-order valence-electron chi connectivity index (χ3n) is 4.10. The van der Waals surface area contributed by atoms with Crippen LogP contribution in [0.4, 0.5) is 6.01 Å². The molecule has 0 radical (unpaired) electrons. The van der Waals surface area contributed by atoms with E-state index < -0.39 is 0 Å². The fourth-order valence-electron chi connectivity index (χ4n) is 3.00. The Morgan fingerprint density at radius 1 is 1.27 bits per heavy atom. The number of thiazole rings is 1. The van der Waals surface area contributed by atoms with Gasteiger partial charge in [-0.3, -0.25) is 10.1 Å². The van der Waals surface area contributed by atoms with Gasteiger partial charge >= 0.3 is 6.01 Å². The summed E-state index contributed by atoms with van der Waals surface area (Å²) in [6.45, 7) is 3.81. The monoisotopic (exact) mass is 367 g/mol. The van der Waals surface area contributed by atoms with Gasteiger partial charge in [0.2, 0.25) is 5.91 Å². The molecule has 0 atom stereocenters. The van der Waals surface area contributed by atoms with Crippen molar-refractivity contribution in [3.63, 3.8) is 0 Å². The van der Waals surface area contributed by atoms with Gasteiger partial charge in [-0.15, -0.1) is 16.4 Å². The summed E-state index contributed by atoms with van der Waals surface area (Å²) in [5, 5.41) is 12.6. The van der Waals surface area contributed by atoms with Crippen molar-refractivity contribution in [1.29, 1.82) is 0 Å². The van der Waals surface area contributed by atoms with Crippen LogP contribution < -0.4 is 5.32 Å². The van der Waals surface area contributed by atoms with Crippen molar-refractivity contribution in [3.05, 3.63) is 46.7 Å². The van der Waals surface area contributed by atoms with Gasteiger partial charge in [-0.05, 0) is 25.5 Å². The minimum atomic E-state index is -0.200. The van der Waals surface area contributed by atoms with Gasteiger partial charge in [-0.25, -0.2) is 4.98 Å². The van der Waals surface area contributed by atoms with Crippen molar-refractivity contribution in [2.45, 2.75) is 20.3 Å². The molecule has 3 heterocycles. The Hall–Kier alpha value is -3.00. The lowest BCUT2D eigenvalue weighted by Crippen LogP contribution is -2.14. The first kappa shape index (κ1) is 16.5. The summed E-state index contributed by atoms with van der Waals surface area (Å²) >= 11 is 1.48. The smallest absolute Gasteiger partial charge is 0.322 e. The van der Waals surface area contributed by atoms with Gasteiger partial charge in [0.25, 0.3) is 5.89 Å². The molecule has 0 bridgehead atoms. The first-order valence-corrected chi connectivity index (χ1v) is 8.93. The molecule has 132 valence electrons. The number of para-hydroxylation sites is 1. The molecule has 8 heteroatoms. The van der Waals surface area contributed by atoms with Crippen LogP contribution in [0, 0.1) is 13.8 Å². The number of rotatable bonds is 4. The van der Waals surface area contributed by atoms with Crippen molar-refractivity contribution < 1.29 is 9.21 Å². The third-order valence-corrected chi connectivity index (χ3v) is 5.16. The molecule has 0 saturated carbocycles. The molecule has 1 amide bonds. The summed E-state index contributed by atoms with van der Waals surface area (Å²) in [6, 6.07) is 8.08. The van der Waals surface area contributed by atoms with Gasteiger partial charge in [-0.2, -0.15) is 0 Å². The van der Waals surface area contributed by atoms with Crippen molar-refractivity contribution in [2.24, 2.45) is 7.05 Å². The van der Waals surface area contributed by atoms with Crippen LogP contribution in [-0.2, 0) is 18.3 Å². The van der Waals surface area contributed by atoms with Crippen molar-refractivity contribution in [3.8, 4) is 10.8 Å². The first-order valence-electron chi connectivity index (χ1n) is 8.12. The molecule has 0 fully saturated rings. The number of carbonyl (C=O) groups excluding carboxylic acids is 1. The Labute approximate surface area is 153 Å². The van der Waals surface area contributed by atoms with E-state index in [0.29, 0.717) is 5.89 Å². The van der Waals surface area contributed by atoms with Gasteiger partial charge < -0.3 is 8.98 Å². The number of nitrogens with one attached hydrogen (secondary N) is 1. The van der Waals surface area contributed by atoms with E-state index in [2.05, 4.69) is 20.5 Å². The summed E-state index contributed by atoms with van der Waals surface area (Å²) in [5.74, 6) is 0.169. The number of carbonyl (C=O) groups is 1. The van der Waals surface area contributed by atoms with Crippen LogP contribution in [0.1, 0.15) is 16.3 Å². The second-order valence-corrected chi connectivity index (χ2v) is 7.27. The molecule has 1 N–H and O–H groups in total. The fourth-order valence-corrected chi connectivity index (χ4v) is 3.84. The van der Waals surface area contributed by atoms with Gasteiger partial charge in [0.15, 0.2) is 0 Å². The van der Waals surface area contributed by atoms with E-state index >= 15 is 0 Å². The molecule has 4 rings (SSSR count). The SMILES string of the molecule is Cc1nc(C)c(-c2nnc(NC(=O)Cc3cn(C)c4ccccc34)o2)s1. The fraction of sp³-hybridized carbons (Fsp3) is 0.222. The molecule has 0 saturated heterocycles. The molecule has 7 nitrogen and oxygen atoms in total. The number of aryl methyl sites for hydroxylation is 3. The Kier molecular flexibility index (Phi) is 4.04. The van der Waals surface area contributed by atoms with Gasteiger partial charge in [0, 0.05) is 24.1 Å². The van der Waals surface area contributed by atoms with E-state index in [9.17, 15) is 4.79 Å². The number of anilines is 1. The highest BCUT2D eigenvalue weighted by Gasteiger charge is 2.17. The normalized spacial score (nSPS) is 11.2. The number of aromatic nitrogens is 4. The van der Waals surface area contributed by atoms with E-state index in [4.69, 9.17) is 4.42 Å². The number of hydrogen-bond donors (Lipinski definition) is 1. The van der Waals surface area contributed by atoms with Gasteiger partial charge in [0.05, 0.1) is 17.1 Å². The Morgan fingerprint density at radius 3 is 2.85 bits per heavy atom. The number of nitrogens with zero attached hydrogens (tertiary/aromatic N) is 4. The lowest BCUT2D eigenvalue weighted by atomic mass is 10.1. The molecule has 4 aromatic rings. The van der Waals surface area contributed by atoms with Crippen LogP contribution in [0.2, 0.25) is 0 Å². The second kappa shape index (κ2) is 6.38. The maximum absolute atomic E-state index is 12.4. The third kappa shape index (κ3) is 2.99. The van der Waals surface area contributed by atoms with Crippen LogP contribution in [-0.4, -0.2) is 25.7 Å². The van der Waals surface area contributed by atoms with Crippen molar-refractivity contribution >= 4 is 34.2 Å². The number of hydrogen-bond acceptors (Lipinski definition) is 6. The van der Waals surface area contributed by atoms with E-state index in [-0.39, 0.29) is 18.3 Å². The predicted molar refractivity (Wildman–Crippen MR) is 100 cm³/mol. The Morgan fingerprint density at radius 2 is 2.08 bits per heavy atom. The molecular weight excluding hydrogens is 350 g/mol. The van der Waals surface area contributed by atoms with Crippen LogP contribution in [0.15, 0.2) is 34.9 Å². The average Bonchev–Trinajstić information content (AvgIpc) is 3.27. The highest BCUT2D eigenvalue weighted by atomic mass is 32.1. The quantitative estimate of drug-likeness (QED) is 0.597. The van der Waals surface area contributed by atoms with Crippen LogP contribution in [0.3, 0.4) is 0 Å². The van der Waals surface area contributed by atoms with Crippen molar-refractivity contribution in [2.75, 3.05) is 5.32 Å². The minimum absolute atomic E-state index is 0.0932. The highest BCUT2D eigenvalue weighted by Crippen LogP contribution is 2.29. The van der Waals surface area contributed by atoms with Gasteiger partial charge in [-0.1, -0.05) is 23.3 Å². The molecule has 0 aliphatic carbocycles. The van der Waals surface area contributed by atoms with Crippen LogP contribution >= 0.6 is 11.3 Å². The zero-order valence-corrected chi connectivity index (χ0v) is 15.4. The molecular formula is C18H17N5O2S. The lowest BCUT2D eigenvalue weighted by molar-refractivity contribution is -0.115. The topological polar surface area (TPSA) is 85.8 Å². The summed E-state index contributed by atoms with van der Waals surface area (Å²) in [7, 11) is 1.97. The Bertz CT molecular complexity index is 1110. The standard InChI is InChI=1S/C18H17N5O2S/c1-10-16(26-11(2)19-10)17-21-22-18(25-17)20-15(24)8-12-9-23(3)14-7-5-4-6-13(12)14/h4-7,9H,8H2,1-3H3,(H,20,22,24). The molecule has 3 aromatic heterocycles. The minimum Gasteiger partial charge on any atom is -0.402 e. The second-order valence-electron chi connectivity index (χ2n) is 6.07. The van der Waals surface area contributed by atoms with Crippen LogP contribution in [0.5, 0.6) is 0 Å². The first-order chi connectivity index (χ1) is 12.5. The predicted octanol–water partition coefficient (Wildman–Crippen LogP) is 3.48. The van der Waals surface area contributed by atoms with Crippen LogP contribution in [0.25, 0.3) is 21.7 Å². The van der Waals surface area contributed by atoms with E-state index in [1.165, 1.54) is 11.3 Å². The summed E-state index contributed by atoms with van der Waals surface area (Å²) in [6.07, 6.45) is 2.20. The summed E-state index contributed by atoms with van der Waals surface area (Å²) in [5.41, 5.74) is 2.88. The molecule has 26 heavy (non-hydrogen) atoms. The number of amides is 1. The maximum Gasteiger partial charge on any atom is 0.322 e. The van der Waals surface area contributed by atoms with E-state index in [1.54, 1.807) is 0 Å². The zero-order valence-electron chi connectivity index (χ0n) is 14.6. The van der Waals surface area contributed by atoms with Gasteiger partial charge in [0.1, 0.15) is 4.88 Å². The Balaban J connectivity index is 1.51.